The maximum atomic E-state index is 12.1. The third-order valence-electron chi connectivity index (χ3n) is 5.11. The van der Waals surface area contributed by atoms with Crippen molar-refractivity contribution in [3.63, 3.8) is 0 Å². The monoisotopic (exact) mass is 524 g/mol. The number of ether oxygens (including phenoxy) is 2. The van der Waals surface area contributed by atoms with E-state index in [0.29, 0.717) is 30.2 Å². The minimum Gasteiger partial charge on any atom is -0.462 e. The number of esters is 2. The van der Waals surface area contributed by atoms with E-state index in [9.17, 15) is 23.8 Å². The van der Waals surface area contributed by atoms with Gasteiger partial charge in [-0.3, -0.25) is 18.6 Å². The van der Waals surface area contributed by atoms with Gasteiger partial charge in [0.1, 0.15) is 26.0 Å². The molecule has 0 spiro atoms. The summed E-state index contributed by atoms with van der Waals surface area (Å²) in [7, 11) is 1.36. The zero-order valence-corrected chi connectivity index (χ0v) is 23.0. The van der Waals surface area contributed by atoms with Crippen LogP contribution in [0.3, 0.4) is 0 Å². The van der Waals surface area contributed by atoms with Crippen LogP contribution >= 0.6 is 7.82 Å². The number of hydrogen-bond acceptors (Lipinski definition) is 8. The minimum absolute atomic E-state index is 0.00101. The molecule has 0 aliphatic rings. The van der Waals surface area contributed by atoms with E-state index in [1.54, 1.807) is 0 Å². The average Bonchev–Trinajstić information content (AvgIpc) is 2.76. The minimum atomic E-state index is -4.37. The number of carbonyl (C=O) groups excluding carboxylic acids is 3. The predicted octanol–water partition coefficient (Wildman–Crippen LogP) is 4.18. The number of aldehydes is 1. The number of nitrogens with zero attached hydrogens (tertiary/aromatic N) is 1. The maximum absolute atomic E-state index is 12.1. The smallest absolute Gasteiger partial charge is 0.462 e. The molecule has 0 fully saturated rings. The fraction of sp³-hybridized carbons (Fsp3) is 0.875. The van der Waals surface area contributed by atoms with Crippen molar-refractivity contribution in [1.29, 1.82) is 0 Å². The molecular weight excluding hydrogens is 477 g/mol. The molecule has 0 aliphatic heterocycles. The largest absolute Gasteiger partial charge is 0.472 e. The van der Waals surface area contributed by atoms with Crippen LogP contribution in [-0.4, -0.2) is 81.2 Å². The summed E-state index contributed by atoms with van der Waals surface area (Å²) in [4.78, 5) is 44.4. The van der Waals surface area contributed by atoms with Gasteiger partial charge in [-0.2, -0.15) is 0 Å². The molecular formula is C24H47NO9P+. The second-order valence-electron chi connectivity index (χ2n) is 9.69. The molecule has 0 aliphatic carbocycles. The van der Waals surface area contributed by atoms with E-state index in [1.165, 1.54) is 25.7 Å². The predicted molar refractivity (Wildman–Crippen MR) is 133 cm³/mol. The van der Waals surface area contributed by atoms with Crippen molar-refractivity contribution in [3.05, 3.63) is 0 Å². The van der Waals surface area contributed by atoms with E-state index >= 15 is 0 Å². The number of rotatable bonds is 23. The van der Waals surface area contributed by atoms with Gasteiger partial charge in [-0.05, 0) is 12.8 Å². The molecule has 0 saturated carbocycles. The number of likely N-dealkylation sites (N-methyl/N-ethyl adjacent to an activating group) is 1. The molecule has 2 unspecified atom stereocenters. The van der Waals surface area contributed by atoms with Gasteiger partial charge in [-0.15, -0.1) is 0 Å². The Bertz CT molecular complexity index is 637. The van der Waals surface area contributed by atoms with Crippen molar-refractivity contribution < 1.29 is 46.8 Å². The normalized spacial score (nSPS) is 14.2. The van der Waals surface area contributed by atoms with E-state index < -0.39 is 32.5 Å². The van der Waals surface area contributed by atoms with Crippen LogP contribution < -0.4 is 0 Å². The number of hydrogen-bond donors (Lipinski definition) is 1. The summed E-state index contributed by atoms with van der Waals surface area (Å²) >= 11 is 0. The van der Waals surface area contributed by atoms with Gasteiger partial charge in [-0.1, -0.05) is 51.9 Å². The molecule has 206 valence electrons. The Kier molecular flexibility index (Phi) is 19.1. The van der Waals surface area contributed by atoms with Crippen LogP contribution in [0.4, 0.5) is 0 Å². The first-order valence-corrected chi connectivity index (χ1v) is 14.2. The molecule has 0 saturated heterocycles. The summed E-state index contributed by atoms with van der Waals surface area (Å²) in [6.07, 6.45) is 9.25. The Labute approximate surface area is 210 Å². The van der Waals surface area contributed by atoms with Crippen LogP contribution in [0, 0.1) is 0 Å². The van der Waals surface area contributed by atoms with Gasteiger partial charge in [0.2, 0.25) is 0 Å². The van der Waals surface area contributed by atoms with Crippen LogP contribution in [0.1, 0.15) is 84.0 Å². The average molecular weight is 525 g/mol. The zero-order valence-electron chi connectivity index (χ0n) is 22.1. The molecule has 35 heavy (non-hydrogen) atoms. The molecule has 10 nitrogen and oxygen atoms in total. The van der Waals surface area contributed by atoms with Crippen LogP contribution in [0.5, 0.6) is 0 Å². The third kappa shape index (κ3) is 22.9. The summed E-state index contributed by atoms with van der Waals surface area (Å²) in [5, 5.41) is 0. The van der Waals surface area contributed by atoms with Gasteiger partial charge in [-0.25, -0.2) is 4.57 Å². The van der Waals surface area contributed by atoms with Crippen molar-refractivity contribution in [2.45, 2.75) is 90.1 Å². The Hall–Kier alpha value is -1.32. The van der Waals surface area contributed by atoms with E-state index in [-0.39, 0.29) is 32.5 Å². The van der Waals surface area contributed by atoms with Crippen molar-refractivity contribution in [3.8, 4) is 0 Å². The molecule has 0 rings (SSSR count). The first-order chi connectivity index (χ1) is 16.5. The molecule has 0 aromatic rings. The Morgan fingerprint density at radius 1 is 0.886 bits per heavy atom. The van der Waals surface area contributed by atoms with Gasteiger partial charge < -0.3 is 23.6 Å². The molecule has 11 heteroatoms. The fourth-order valence-electron chi connectivity index (χ4n) is 3.00. The lowest BCUT2D eigenvalue weighted by Crippen LogP contribution is -2.37. The van der Waals surface area contributed by atoms with E-state index in [1.807, 2.05) is 21.1 Å². The summed E-state index contributed by atoms with van der Waals surface area (Å²) < 4.78 is 33.1. The summed E-state index contributed by atoms with van der Waals surface area (Å²) in [6.45, 7) is 1.90. The SMILES string of the molecule is CCCCCCCCCCC(=O)OCC(COP(=O)(O)OCC[N+](C)(C)C)OC(=O)CCCC=O. The molecule has 0 bridgehead atoms. The van der Waals surface area contributed by atoms with E-state index in [2.05, 4.69) is 6.92 Å². The third-order valence-corrected chi connectivity index (χ3v) is 6.09. The number of phosphoric acid groups is 1. The molecule has 0 amide bonds. The summed E-state index contributed by atoms with van der Waals surface area (Å²) in [6, 6.07) is 0. The standard InChI is InChI=1S/C24H46NO9P/c1-5-6-7-8-9-10-11-12-15-23(27)31-20-22(34-24(28)16-13-14-18-26)21-33-35(29,30)32-19-17-25(2,3)4/h18,22H,5-17,19-21H2,1-4H3/p+1. The van der Waals surface area contributed by atoms with E-state index in [4.69, 9.17) is 18.5 Å². The second-order valence-corrected chi connectivity index (χ2v) is 11.1. The molecule has 0 radical (unpaired) electrons. The fourth-order valence-corrected chi connectivity index (χ4v) is 3.74. The van der Waals surface area contributed by atoms with Gasteiger partial charge in [0.25, 0.3) is 0 Å². The van der Waals surface area contributed by atoms with Gasteiger partial charge >= 0.3 is 19.8 Å². The van der Waals surface area contributed by atoms with Crippen LogP contribution in [0.15, 0.2) is 0 Å². The molecule has 2 atom stereocenters. The highest BCUT2D eigenvalue weighted by atomic mass is 31.2. The van der Waals surface area contributed by atoms with Crippen molar-refractivity contribution >= 4 is 26.0 Å². The van der Waals surface area contributed by atoms with Crippen molar-refractivity contribution in [2.75, 3.05) is 47.5 Å². The van der Waals surface area contributed by atoms with Crippen molar-refractivity contribution in [1.82, 2.24) is 0 Å². The molecule has 0 heterocycles. The Balaban J connectivity index is 4.50. The number of quaternary nitrogens is 1. The van der Waals surface area contributed by atoms with Gasteiger partial charge in [0.05, 0.1) is 27.7 Å². The highest BCUT2D eigenvalue weighted by molar-refractivity contribution is 7.47. The molecule has 1 N–H and O–H groups in total. The van der Waals surface area contributed by atoms with Gasteiger partial charge in [0.15, 0.2) is 6.10 Å². The van der Waals surface area contributed by atoms with Crippen LogP contribution in [0.25, 0.3) is 0 Å². The van der Waals surface area contributed by atoms with Crippen LogP contribution in [-0.2, 0) is 37.5 Å². The lowest BCUT2D eigenvalue weighted by Gasteiger charge is -2.24. The van der Waals surface area contributed by atoms with E-state index in [0.717, 1.165) is 19.3 Å². The lowest BCUT2D eigenvalue weighted by atomic mass is 10.1. The highest BCUT2D eigenvalue weighted by Gasteiger charge is 2.27. The number of phosphoric ester groups is 1. The Morgan fingerprint density at radius 2 is 1.49 bits per heavy atom. The summed E-state index contributed by atoms with van der Waals surface area (Å²) in [5.74, 6) is -1.04. The first kappa shape index (κ1) is 33.7. The second kappa shape index (κ2) is 19.8. The van der Waals surface area contributed by atoms with Gasteiger partial charge in [0, 0.05) is 19.3 Å². The highest BCUT2D eigenvalue weighted by Crippen LogP contribution is 2.43. The van der Waals surface area contributed by atoms with Crippen molar-refractivity contribution in [2.24, 2.45) is 0 Å². The zero-order chi connectivity index (χ0) is 26.6. The Morgan fingerprint density at radius 3 is 2.09 bits per heavy atom. The molecule has 0 aromatic carbocycles. The first-order valence-electron chi connectivity index (χ1n) is 12.7. The molecule has 0 aromatic heterocycles. The maximum Gasteiger partial charge on any atom is 0.472 e. The van der Waals surface area contributed by atoms with Crippen LogP contribution in [0.2, 0.25) is 0 Å². The summed E-state index contributed by atoms with van der Waals surface area (Å²) in [5.41, 5.74) is 0. The number of unbranched alkanes of at least 4 members (excludes halogenated alkanes) is 8. The topological polar surface area (TPSA) is 125 Å². The lowest BCUT2D eigenvalue weighted by molar-refractivity contribution is -0.870. The number of carbonyl (C=O) groups is 3. The quantitative estimate of drug-likeness (QED) is 0.0689.